The Morgan fingerprint density at radius 3 is 1.94 bits per heavy atom. The molecule has 0 unspecified atom stereocenters. The lowest BCUT2D eigenvalue weighted by Crippen LogP contribution is -2.13. The molecule has 8 heteroatoms. The SMILES string of the molecule is Cc1cn(C(=O)c2c(Cl)cccc2Cl)c2ccc(NC(=O)c3c(Cl)cccc3Cl)cc12. The molecule has 1 amide bonds. The van der Waals surface area contributed by atoms with Crippen molar-refractivity contribution in [3.8, 4) is 0 Å². The molecule has 4 nitrogen and oxygen atoms in total. The van der Waals surface area contributed by atoms with E-state index in [1.807, 2.05) is 6.92 Å². The van der Waals surface area contributed by atoms with Gasteiger partial charge in [0.05, 0.1) is 36.7 Å². The zero-order valence-electron chi connectivity index (χ0n) is 16.0. The van der Waals surface area contributed by atoms with Gasteiger partial charge in [0.15, 0.2) is 0 Å². The quantitative estimate of drug-likeness (QED) is 0.322. The maximum atomic E-state index is 13.1. The van der Waals surface area contributed by atoms with Crippen LogP contribution < -0.4 is 5.32 Å². The smallest absolute Gasteiger partial charge is 0.265 e. The first kappa shape index (κ1) is 21.7. The average Bonchev–Trinajstić information content (AvgIpc) is 3.04. The number of benzene rings is 3. The van der Waals surface area contributed by atoms with Crippen LogP contribution in [0.5, 0.6) is 0 Å². The molecule has 31 heavy (non-hydrogen) atoms. The van der Waals surface area contributed by atoms with E-state index < -0.39 is 5.91 Å². The Hall–Kier alpha value is -2.50. The number of nitrogens with one attached hydrogen (secondary N) is 1. The fourth-order valence-corrected chi connectivity index (χ4v) is 4.50. The summed E-state index contributed by atoms with van der Waals surface area (Å²) >= 11 is 24.7. The van der Waals surface area contributed by atoms with Crippen LogP contribution >= 0.6 is 46.4 Å². The van der Waals surface area contributed by atoms with E-state index >= 15 is 0 Å². The van der Waals surface area contributed by atoms with Crippen molar-refractivity contribution in [2.24, 2.45) is 0 Å². The van der Waals surface area contributed by atoms with E-state index in [9.17, 15) is 9.59 Å². The van der Waals surface area contributed by atoms with E-state index in [-0.39, 0.29) is 37.1 Å². The van der Waals surface area contributed by atoms with Gasteiger partial charge >= 0.3 is 0 Å². The van der Waals surface area contributed by atoms with Gasteiger partial charge in [0.25, 0.3) is 11.8 Å². The number of carbonyl (C=O) groups excluding carboxylic acids is 2. The van der Waals surface area contributed by atoms with Gasteiger partial charge < -0.3 is 5.32 Å². The molecule has 1 N–H and O–H groups in total. The van der Waals surface area contributed by atoms with Crippen LogP contribution in [0.2, 0.25) is 20.1 Å². The molecule has 0 fully saturated rings. The molecule has 4 rings (SSSR count). The molecule has 1 heterocycles. The minimum atomic E-state index is -0.425. The first-order chi connectivity index (χ1) is 14.8. The maximum absolute atomic E-state index is 13.1. The number of aromatic nitrogens is 1. The van der Waals surface area contributed by atoms with Crippen LogP contribution in [0.15, 0.2) is 60.8 Å². The molecule has 1 aromatic heterocycles. The zero-order chi connectivity index (χ0) is 22.3. The number of hydrogen-bond donors (Lipinski definition) is 1. The van der Waals surface area contributed by atoms with Crippen molar-refractivity contribution < 1.29 is 9.59 Å². The summed E-state index contributed by atoms with van der Waals surface area (Å²) < 4.78 is 1.49. The predicted molar refractivity (Wildman–Crippen MR) is 127 cm³/mol. The van der Waals surface area contributed by atoms with Crippen LogP contribution in [0.3, 0.4) is 0 Å². The maximum Gasteiger partial charge on any atom is 0.265 e. The lowest BCUT2D eigenvalue weighted by Gasteiger charge is -2.10. The second kappa shape index (κ2) is 8.56. The van der Waals surface area contributed by atoms with Crippen molar-refractivity contribution in [1.29, 1.82) is 0 Å². The first-order valence-electron chi connectivity index (χ1n) is 9.13. The fourth-order valence-electron chi connectivity index (χ4n) is 3.37. The van der Waals surface area contributed by atoms with Gasteiger partial charge in [-0.1, -0.05) is 58.5 Å². The van der Waals surface area contributed by atoms with Gasteiger partial charge in [-0.2, -0.15) is 0 Å². The Kier molecular flexibility index (Phi) is 6.00. The minimum Gasteiger partial charge on any atom is -0.322 e. The summed E-state index contributed by atoms with van der Waals surface area (Å²) in [6, 6.07) is 15.0. The molecule has 0 aliphatic carbocycles. The number of carbonyl (C=O) groups is 2. The van der Waals surface area contributed by atoms with Crippen molar-refractivity contribution >= 4 is 74.8 Å². The van der Waals surface area contributed by atoms with Crippen LogP contribution in [-0.4, -0.2) is 16.4 Å². The minimum absolute atomic E-state index is 0.198. The summed E-state index contributed by atoms with van der Waals surface area (Å²) in [4.78, 5) is 25.8. The van der Waals surface area contributed by atoms with E-state index in [0.717, 1.165) is 10.9 Å². The molecule has 0 aliphatic heterocycles. The Bertz CT molecular complexity index is 1320. The van der Waals surface area contributed by atoms with Crippen molar-refractivity contribution in [3.63, 3.8) is 0 Å². The number of fused-ring (bicyclic) bond motifs is 1. The third-order valence-corrected chi connectivity index (χ3v) is 6.11. The van der Waals surface area contributed by atoms with Gasteiger partial charge in [-0.3, -0.25) is 14.2 Å². The number of amides is 1. The molecule has 0 aliphatic rings. The Morgan fingerprint density at radius 1 is 0.806 bits per heavy atom. The van der Waals surface area contributed by atoms with Gasteiger partial charge in [-0.05, 0) is 55.0 Å². The molecule has 3 aromatic carbocycles. The third kappa shape index (κ3) is 4.04. The molecule has 0 atom stereocenters. The van der Waals surface area contributed by atoms with Gasteiger partial charge in [-0.25, -0.2) is 0 Å². The summed E-state index contributed by atoms with van der Waals surface area (Å²) in [5, 5.41) is 4.67. The van der Waals surface area contributed by atoms with Crippen molar-refractivity contribution in [2.75, 3.05) is 5.32 Å². The van der Waals surface area contributed by atoms with E-state index in [1.165, 1.54) is 4.57 Å². The van der Waals surface area contributed by atoms with E-state index in [1.54, 1.807) is 60.8 Å². The van der Waals surface area contributed by atoms with Gasteiger partial charge in [0.2, 0.25) is 0 Å². The molecular formula is C23H14Cl4N2O2. The molecule has 156 valence electrons. The lowest BCUT2D eigenvalue weighted by atomic mass is 10.1. The fraction of sp³-hybridized carbons (Fsp3) is 0.0435. The summed E-state index contributed by atoms with van der Waals surface area (Å²) in [5.41, 5.74) is 2.47. The predicted octanol–water partition coefficient (Wildman–Crippen LogP) is 7.50. The van der Waals surface area contributed by atoms with Crippen LogP contribution in [0.1, 0.15) is 26.3 Å². The average molecular weight is 492 g/mol. The largest absolute Gasteiger partial charge is 0.322 e. The molecular weight excluding hydrogens is 478 g/mol. The topological polar surface area (TPSA) is 51.1 Å². The standard InChI is InChI=1S/C23H14Cl4N2O2/c1-12-11-29(23(31)21-17(26)6-3-7-18(21)27)19-9-8-13(10-14(12)19)28-22(30)20-15(24)4-2-5-16(20)25/h2-11H,1H3,(H,28,30). The Labute approximate surface area is 198 Å². The molecule has 0 saturated heterocycles. The highest BCUT2D eigenvalue weighted by Crippen LogP contribution is 2.30. The van der Waals surface area contributed by atoms with E-state index in [4.69, 9.17) is 46.4 Å². The highest BCUT2D eigenvalue weighted by molar-refractivity contribution is 6.41. The molecule has 0 bridgehead atoms. The summed E-state index contributed by atoms with van der Waals surface area (Å²) in [6.07, 6.45) is 1.71. The van der Waals surface area contributed by atoms with Gasteiger partial charge in [-0.15, -0.1) is 0 Å². The first-order valence-corrected chi connectivity index (χ1v) is 10.6. The van der Waals surface area contributed by atoms with E-state index in [2.05, 4.69) is 5.32 Å². The van der Waals surface area contributed by atoms with Crippen LogP contribution in [0, 0.1) is 6.92 Å². The number of nitrogens with zero attached hydrogens (tertiary/aromatic N) is 1. The lowest BCUT2D eigenvalue weighted by molar-refractivity contribution is 0.0964. The second-order valence-electron chi connectivity index (χ2n) is 6.87. The number of anilines is 1. The number of hydrogen-bond acceptors (Lipinski definition) is 2. The van der Waals surface area contributed by atoms with E-state index in [0.29, 0.717) is 11.2 Å². The van der Waals surface area contributed by atoms with Gasteiger partial charge in [0, 0.05) is 17.3 Å². The highest BCUT2D eigenvalue weighted by atomic mass is 35.5. The zero-order valence-corrected chi connectivity index (χ0v) is 19.1. The number of aryl methyl sites for hydroxylation is 1. The Morgan fingerprint density at radius 2 is 1.35 bits per heavy atom. The van der Waals surface area contributed by atoms with Crippen molar-refractivity contribution in [2.45, 2.75) is 6.92 Å². The van der Waals surface area contributed by atoms with Crippen molar-refractivity contribution in [3.05, 3.63) is 97.6 Å². The third-order valence-electron chi connectivity index (χ3n) is 4.85. The van der Waals surface area contributed by atoms with Crippen molar-refractivity contribution in [1.82, 2.24) is 4.57 Å². The number of halogens is 4. The summed E-state index contributed by atoms with van der Waals surface area (Å²) in [5.74, 6) is -0.765. The summed E-state index contributed by atoms with van der Waals surface area (Å²) in [6.45, 7) is 1.87. The van der Waals surface area contributed by atoms with Crippen LogP contribution in [0.4, 0.5) is 5.69 Å². The Balaban J connectivity index is 1.71. The molecule has 4 aromatic rings. The van der Waals surface area contributed by atoms with Gasteiger partial charge in [0.1, 0.15) is 0 Å². The molecule has 0 spiro atoms. The molecule has 0 saturated carbocycles. The van der Waals surface area contributed by atoms with Crippen LogP contribution in [-0.2, 0) is 0 Å². The summed E-state index contributed by atoms with van der Waals surface area (Å²) in [7, 11) is 0. The second-order valence-corrected chi connectivity index (χ2v) is 8.50. The number of rotatable bonds is 3. The van der Waals surface area contributed by atoms with Crippen LogP contribution in [0.25, 0.3) is 10.9 Å². The normalized spacial score (nSPS) is 11.0. The monoisotopic (exact) mass is 490 g/mol. The molecule has 0 radical (unpaired) electrons. The highest BCUT2D eigenvalue weighted by Gasteiger charge is 2.20.